The summed E-state index contributed by atoms with van der Waals surface area (Å²) in [5.41, 5.74) is 0. The zero-order valence-electron chi connectivity index (χ0n) is 13.3. The van der Waals surface area contributed by atoms with Gasteiger partial charge in [0.05, 0.1) is 17.5 Å². The standard InChI is InChI=1S/C15H20ClN5O3/c1-17-15(24)20-13(22)9-21-6-2-3-10(8-21)14(23)19-12-5-4-11(16)7-18-12/h4-5,7,10H,2-3,6,8-9H2,1H3,(H,18,19,23)(H2,17,20,22,24)/t10-/m0/s1. The van der Waals surface area contributed by atoms with E-state index in [1.54, 1.807) is 12.1 Å². The van der Waals surface area contributed by atoms with Crippen LogP contribution in [-0.4, -0.2) is 54.4 Å². The van der Waals surface area contributed by atoms with Gasteiger partial charge in [0.15, 0.2) is 0 Å². The van der Waals surface area contributed by atoms with Crippen molar-refractivity contribution in [3.05, 3.63) is 23.4 Å². The summed E-state index contributed by atoms with van der Waals surface area (Å²) >= 11 is 5.76. The van der Waals surface area contributed by atoms with Crippen LogP contribution in [0.1, 0.15) is 12.8 Å². The molecule has 0 radical (unpaired) electrons. The molecule has 0 saturated carbocycles. The minimum Gasteiger partial charge on any atom is -0.341 e. The van der Waals surface area contributed by atoms with E-state index >= 15 is 0 Å². The highest BCUT2D eigenvalue weighted by atomic mass is 35.5. The zero-order chi connectivity index (χ0) is 17.5. The Balaban J connectivity index is 1.85. The second kappa shape index (κ2) is 8.60. The SMILES string of the molecule is CNC(=O)NC(=O)CN1CCC[C@H](C(=O)Nc2ccc(Cl)cn2)C1. The van der Waals surface area contributed by atoms with E-state index in [0.29, 0.717) is 23.9 Å². The molecule has 0 unspecified atom stereocenters. The molecule has 3 N–H and O–H groups in total. The van der Waals surface area contributed by atoms with Crippen LogP contribution in [0.3, 0.4) is 0 Å². The van der Waals surface area contributed by atoms with Crippen molar-refractivity contribution in [3.8, 4) is 0 Å². The number of aromatic nitrogens is 1. The predicted octanol–water partition coefficient (Wildman–Crippen LogP) is 0.841. The Morgan fingerprint density at radius 1 is 1.38 bits per heavy atom. The number of hydrogen-bond acceptors (Lipinski definition) is 5. The first-order chi connectivity index (χ1) is 11.5. The van der Waals surface area contributed by atoms with Crippen molar-refractivity contribution in [3.63, 3.8) is 0 Å². The first-order valence-electron chi connectivity index (χ1n) is 7.64. The number of urea groups is 1. The average molecular weight is 354 g/mol. The number of halogens is 1. The molecule has 24 heavy (non-hydrogen) atoms. The van der Waals surface area contributed by atoms with E-state index in [1.165, 1.54) is 13.2 Å². The number of carbonyl (C=O) groups excluding carboxylic acids is 3. The van der Waals surface area contributed by atoms with Gasteiger partial charge in [-0.3, -0.25) is 19.8 Å². The van der Waals surface area contributed by atoms with Crippen molar-refractivity contribution in [2.75, 3.05) is 32.0 Å². The summed E-state index contributed by atoms with van der Waals surface area (Å²) in [7, 11) is 1.44. The molecule has 0 spiro atoms. The van der Waals surface area contributed by atoms with Gasteiger partial charge in [-0.1, -0.05) is 11.6 Å². The molecule has 1 atom stereocenters. The van der Waals surface area contributed by atoms with Gasteiger partial charge in [0.25, 0.3) is 0 Å². The molecule has 9 heteroatoms. The molecule has 8 nitrogen and oxygen atoms in total. The van der Waals surface area contributed by atoms with Crippen molar-refractivity contribution in [1.29, 1.82) is 0 Å². The molecule has 1 aromatic heterocycles. The number of pyridine rings is 1. The number of rotatable bonds is 4. The summed E-state index contributed by atoms with van der Waals surface area (Å²) in [6, 6.07) is 2.75. The van der Waals surface area contributed by atoms with Crippen LogP contribution >= 0.6 is 11.6 Å². The van der Waals surface area contributed by atoms with Crippen LogP contribution in [0.25, 0.3) is 0 Å². The molecule has 1 saturated heterocycles. The highest BCUT2D eigenvalue weighted by Gasteiger charge is 2.27. The van der Waals surface area contributed by atoms with Gasteiger partial charge in [-0.15, -0.1) is 0 Å². The monoisotopic (exact) mass is 353 g/mol. The van der Waals surface area contributed by atoms with Gasteiger partial charge >= 0.3 is 6.03 Å². The van der Waals surface area contributed by atoms with Crippen LogP contribution in [-0.2, 0) is 9.59 Å². The highest BCUT2D eigenvalue weighted by molar-refractivity contribution is 6.30. The van der Waals surface area contributed by atoms with Gasteiger partial charge in [-0.25, -0.2) is 9.78 Å². The minimum atomic E-state index is -0.542. The zero-order valence-corrected chi connectivity index (χ0v) is 14.1. The number of carbonyl (C=O) groups is 3. The Bertz CT molecular complexity index is 608. The number of amides is 4. The van der Waals surface area contributed by atoms with Gasteiger partial charge in [-0.05, 0) is 31.5 Å². The molecule has 2 heterocycles. The maximum Gasteiger partial charge on any atom is 0.321 e. The summed E-state index contributed by atoms with van der Waals surface area (Å²) in [6.07, 6.45) is 3.01. The number of likely N-dealkylation sites (tertiary alicyclic amines) is 1. The number of imide groups is 1. The predicted molar refractivity (Wildman–Crippen MR) is 89.6 cm³/mol. The van der Waals surface area contributed by atoms with E-state index < -0.39 is 11.9 Å². The fraction of sp³-hybridized carbons (Fsp3) is 0.467. The van der Waals surface area contributed by atoms with Crippen LogP contribution in [0.15, 0.2) is 18.3 Å². The van der Waals surface area contributed by atoms with E-state index in [2.05, 4.69) is 20.9 Å². The molecule has 1 aromatic rings. The van der Waals surface area contributed by atoms with E-state index in [0.717, 1.165) is 12.8 Å². The topological polar surface area (TPSA) is 103 Å². The fourth-order valence-electron chi connectivity index (χ4n) is 2.52. The number of nitrogens with one attached hydrogen (secondary N) is 3. The van der Waals surface area contributed by atoms with E-state index in [9.17, 15) is 14.4 Å². The van der Waals surface area contributed by atoms with Crippen LogP contribution in [0.2, 0.25) is 5.02 Å². The molecule has 4 amide bonds. The third-order valence-corrected chi connectivity index (χ3v) is 3.93. The van der Waals surface area contributed by atoms with Crippen LogP contribution in [0.4, 0.5) is 10.6 Å². The molecule has 1 aliphatic rings. The number of anilines is 1. The molecular formula is C15H20ClN5O3. The Labute approximate surface area is 144 Å². The van der Waals surface area contributed by atoms with Crippen molar-refractivity contribution in [2.24, 2.45) is 5.92 Å². The third-order valence-electron chi connectivity index (χ3n) is 3.70. The van der Waals surface area contributed by atoms with Crippen LogP contribution < -0.4 is 16.0 Å². The van der Waals surface area contributed by atoms with Crippen molar-refractivity contribution < 1.29 is 14.4 Å². The van der Waals surface area contributed by atoms with Gasteiger partial charge in [-0.2, -0.15) is 0 Å². The van der Waals surface area contributed by atoms with Crippen LogP contribution in [0, 0.1) is 5.92 Å². The first kappa shape index (κ1) is 18.2. The molecule has 0 aliphatic carbocycles. The second-order valence-electron chi connectivity index (χ2n) is 5.55. The average Bonchev–Trinajstić information content (AvgIpc) is 2.57. The van der Waals surface area contributed by atoms with E-state index in [-0.39, 0.29) is 18.4 Å². The number of hydrogen-bond donors (Lipinski definition) is 3. The van der Waals surface area contributed by atoms with E-state index in [1.807, 2.05) is 4.90 Å². The molecule has 0 aromatic carbocycles. The van der Waals surface area contributed by atoms with Gasteiger partial charge in [0.2, 0.25) is 11.8 Å². The summed E-state index contributed by atoms with van der Waals surface area (Å²) in [6.45, 7) is 1.25. The number of piperidine rings is 1. The van der Waals surface area contributed by atoms with Crippen molar-refractivity contribution in [2.45, 2.75) is 12.8 Å². The first-order valence-corrected chi connectivity index (χ1v) is 8.02. The molecule has 0 bridgehead atoms. The van der Waals surface area contributed by atoms with Crippen molar-refractivity contribution >= 4 is 35.3 Å². The maximum atomic E-state index is 12.3. The summed E-state index contributed by atoms with van der Waals surface area (Å²) in [4.78, 5) is 41.1. The normalized spacial score (nSPS) is 17.8. The summed E-state index contributed by atoms with van der Waals surface area (Å²) in [5.74, 6) is -0.320. The molecule has 130 valence electrons. The third kappa shape index (κ3) is 5.47. The smallest absolute Gasteiger partial charge is 0.321 e. The molecule has 1 fully saturated rings. The minimum absolute atomic E-state index is 0.0798. The largest absolute Gasteiger partial charge is 0.341 e. The van der Waals surface area contributed by atoms with Crippen molar-refractivity contribution in [1.82, 2.24) is 20.5 Å². The Morgan fingerprint density at radius 3 is 2.83 bits per heavy atom. The lowest BCUT2D eigenvalue weighted by Crippen LogP contribution is -2.47. The fourth-order valence-corrected chi connectivity index (χ4v) is 2.63. The molecule has 1 aliphatic heterocycles. The quantitative estimate of drug-likeness (QED) is 0.744. The maximum absolute atomic E-state index is 12.3. The summed E-state index contributed by atoms with van der Waals surface area (Å²) < 4.78 is 0. The Hall–Kier alpha value is -2.19. The lowest BCUT2D eigenvalue weighted by atomic mass is 9.97. The molecule has 2 rings (SSSR count). The lowest BCUT2D eigenvalue weighted by Gasteiger charge is -2.31. The Morgan fingerprint density at radius 2 is 2.17 bits per heavy atom. The number of nitrogens with zero attached hydrogens (tertiary/aromatic N) is 2. The van der Waals surface area contributed by atoms with Gasteiger partial charge < -0.3 is 10.6 Å². The van der Waals surface area contributed by atoms with Gasteiger partial charge in [0.1, 0.15) is 5.82 Å². The molecular weight excluding hydrogens is 334 g/mol. The highest BCUT2D eigenvalue weighted by Crippen LogP contribution is 2.18. The second-order valence-corrected chi connectivity index (χ2v) is 5.99. The van der Waals surface area contributed by atoms with E-state index in [4.69, 9.17) is 11.6 Å². The Kier molecular flexibility index (Phi) is 6.51. The van der Waals surface area contributed by atoms with Crippen LogP contribution in [0.5, 0.6) is 0 Å². The summed E-state index contributed by atoms with van der Waals surface area (Å²) in [5, 5.41) is 7.79. The lowest BCUT2D eigenvalue weighted by molar-refractivity contribution is -0.125. The van der Waals surface area contributed by atoms with Gasteiger partial charge in [0, 0.05) is 19.8 Å².